The van der Waals surface area contributed by atoms with E-state index in [1.807, 2.05) is 26.0 Å². The van der Waals surface area contributed by atoms with Gasteiger partial charge in [-0.3, -0.25) is 14.6 Å². The second-order valence-corrected chi connectivity index (χ2v) is 8.68. The minimum absolute atomic E-state index is 0.0386. The molecule has 2 fully saturated rings. The minimum Gasteiger partial charge on any atom is -0.369 e. The molecule has 1 aliphatic carbocycles. The summed E-state index contributed by atoms with van der Waals surface area (Å²) in [5.41, 5.74) is 3.76. The molecule has 4 heterocycles. The average molecular weight is 435 g/mol. The molecule has 1 amide bonds. The largest absolute Gasteiger partial charge is 0.369 e. The quantitative estimate of drug-likeness (QED) is 0.633. The van der Waals surface area contributed by atoms with Crippen molar-refractivity contribution in [2.45, 2.75) is 45.7 Å². The molecule has 1 saturated carbocycles. The fourth-order valence-corrected chi connectivity index (χ4v) is 4.03. The van der Waals surface area contributed by atoms with Crippen LogP contribution in [0, 0.1) is 19.8 Å². The third-order valence-corrected chi connectivity index (χ3v) is 6.18. The molecule has 9 nitrogen and oxygen atoms in total. The normalized spacial score (nSPS) is 18.2. The van der Waals surface area contributed by atoms with Crippen molar-refractivity contribution in [1.29, 1.82) is 0 Å². The number of carbonyl (C=O) groups excluding carboxylic acids is 1. The van der Waals surface area contributed by atoms with Gasteiger partial charge in [0, 0.05) is 48.2 Å². The SMILES string of the molecule is Cc1ccc(-c2noc(C)c2Cn2ncc(N3CC[C@@H](C(=O)NC4CC4)C3)cc2=O)cn1. The van der Waals surface area contributed by atoms with E-state index in [0.717, 1.165) is 48.3 Å². The molecule has 1 atom stereocenters. The first-order chi connectivity index (χ1) is 15.5. The van der Waals surface area contributed by atoms with Gasteiger partial charge < -0.3 is 14.7 Å². The summed E-state index contributed by atoms with van der Waals surface area (Å²) in [6.45, 7) is 5.35. The van der Waals surface area contributed by atoms with E-state index in [-0.39, 0.29) is 23.9 Å². The molecule has 0 radical (unpaired) electrons. The van der Waals surface area contributed by atoms with Gasteiger partial charge in [0.1, 0.15) is 11.5 Å². The maximum atomic E-state index is 12.8. The van der Waals surface area contributed by atoms with E-state index in [9.17, 15) is 9.59 Å². The Balaban J connectivity index is 1.32. The van der Waals surface area contributed by atoms with Crippen molar-refractivity contribution in [3.63, 3.8) is 0 Å². The predicted octanol–water partition coefficient (Wildman–Crippen LogP) is 2.06. The highest BCUT2D eigenvalue weighted by Crippen LogP contribution is 2.27. The Kier molecular flexibility index (Phi) is 5.24. The molecule has 0 unspecified atom stereocenters. The number of nitrogens with one attached hydrogen (secondary N) is 1. The van der Waals surface area contributed by atoms with Crippen LogP contribution in [-0.2, 0) is 11.3 Å². The van der Waals surface area contributed by atoms with E-state index in [0.29, 0.717) is 24.0 Å². The van der Waals surface area contributed by atoms with Crippen LogP contribution in [0.3, 0.4) is 0 Å². The molecule has 5 rings (SSSR count). The zero-order valence-electron chi connectivity index (χ0n) is 18.2. The van der Waals surface area contributed by atoms with Gasteiger partial charge in [-0.1, -0.05) is 5.16 Å². The second-order valence-electron chi connectivity index (χ2n) is 8.68. The van der Waals surface area contributed by atoms with Crippen LogP contribution in [0.5, 0.6) is 0 Å². The maximum Gasteiger partial charge on any atom is 0.269 e. The van der Waals surface area contributed by atoms with Crippen LogP contribution in [0.4, 0.5) is 5.69 Å². The van der Waals surface area contributed by atoms with E-state index >= 15 is 0 Å². The Morgan fingerprint density at radius 3 is 2.78 bits per heavy atom. The molecule has 1 aliphatic heterocycles. The van der Waals surface area contributed by atoms with Crippen LogP contribution < -0.4 is 15.8 Å². The second kappa shape index (κ2) is 8.22. The van der Waals surface area contributed by atoms with Crippen molar-refractivity contribution in [3.05, 3.63) is 58.0 Å². The van der Waals surface area contributed by atoms with Gasteiger partial charge >= 0.3 is 0 Å². The first-order valence-electron chi connectivity index (χ1n) is 11.0. The Labute approximate surface area is 185 Å². The van der Waals surface area contributed by atoms with E-state index in [1.54, 1.807) is 18.5 Å². The fourth-order valence-electron chi connectivity index (χ4n) is 4.03. The highest BCUT2D eigenvalue weighted by atomic mass is 16.5. The monoisotopic (exact) mass is 434 g/mol. The predicted molar refractivity (Wildman–Crippen MR) is 118 cm³/mol. The first-order valence-corrected chi connectivity index (χ1v) is 11.0. The molecule has 3 aromatic heterocycles. The molecule has 166 valence electrons. The number of pyridine rings is 1. The number of hydrogen-bond donors (Lipinski definition) is 1. The summed E-state index contributed by atoms with van der Waals surface area (Å²) in [6.07, 6.45) is 6.39. The third kappa shape index (κ3) is 4.15. The van der Waals surface area contributed by atoms with Crippen LogP contribution in [-0.4, -0.2) is 45.0 Å². The molecule has 9 heteroatoms. The third-order valence-electron chi connectivity index (χ3n) is 6.18. The van der Waals surface area contributed by atoms with Crippen molar-refractivity contribution in [1.82, 2.24) is 25.2 Å². The fraction of sp³-hybridized carbons (Fsp3) is 0.435. The molecule has 1 N–H and O–H groups in total. The number of aryl methyl sites for hydroxylation is 2. The van der Waals surface area contributed by atoms with Crippen LogP contribution in [0.2, 0.25) is 0 Å². The summed E-state index contributed by atoms with van der Waals surface area (Å²) in [5, 5.41) is 11.6. The number of anilines is 1. The lowest BCUT2D eigenvalue weighted by Crippen LogP contribution is -2.34. The Hall–Kier alpha value is -3.49. The summed E-state index contributed by atoms with van der Waals surface area (Å²) in [7, 11) is 0. The number of nitrogens with zero attached hydrogens (tertiary/aromatic N) is 5. The number of rotatable bonds is 6. The van der Waals surface area contributed by atoms with Crippen LogP contribution >= 0.6 is 0 Å². The summed E-state index contributed by atoms with van der Waals surface area (Å²) >= 11 is 0. The van der Waals surface area contributed by atoms with Crippen molar-refractivity contribution in [2.24, 2.45) is 5.92 Å². The number of carbonyl (C=O) groups is 1. The van der Waals surface area contributed by atoms with E-state index in [4.69, 9.17) is 4.52 Å². The highest BCUT2D eigenvalue weighted by molar-refractivity contribution is 5.80. The van der Waals surface area contributed by atoms with Gasteiger partial charge in [-0.25, -0.2) is 4.68 Å². The van der Waals surface area contributed by atoms with E-state index < -0.39 is 0 Å². The topological polar surface area (TPSA) is 106 Å². The molecular formula is C23H26N6O3. The number of amides is 1. The van der Waals surface area contributed by atoms with Crippen LogP contribution in [0.15, 0.2) is 39.9 Å². The first kappa shape index (κ1) is 20.4. The van der Waals surface area contributed by atoms with Gasteiger partial charge in [0.05, 0.1) is 24.3 Å². The zero-order valence-corrected chi connectivity index (χ0v) is 18.2. The number of aromatic nitrogens is 4. The lowest BCUT2D eigenvalue weighted by Gasteiger charge is -2.18. The van der Waals surface area contributed by atoms with Gasteiger partial charge in [-0.15, -0.1) is 0 Å². The zero-order chi connectivity index (χ0) is 22.2. The lowest BCUT2D eigenvalue weighted by molar-refractivity contribution is -0.124. The van der Waals surface area contributed by atoms with Gasteiger partial charge in [0.2, 0.25) is 5.91 Å². The smallest absolute Gasteiger partial charge is 0.269 e. The molecule has 0 bridgehead atoms. The Morgan fingerprint density at radius 2 is 2.06 bits per heavy atom. The molecule has 2 aliphatic rings. The van der Waals surface area contributed by atoms with Gasteiger partial charge in [-0.2, -0.15) is 5.10 Å². The van der Waals surface area contributed by atoms with Crippen molar-refractivity contribution < 1.29 is 9.32 Å². The summed E-state index contributed by atoms with van der Waals surface area (Å²) in [6, 6.07) is 5.80. The summed E-state index contributed by atoms with van der Waals surface area (Å²) in [5.74, 6) is 0.725. The Morgan fingerprint density at radius 1 is 1.22 bits per heavy atom. The van der Waals surface area contributed by atoms with Gasteiger partial charge in [-0.05, 0) is 45.2 Å². The molecule has 3 aromatic rings. The standard InChI is InChI=1S/C23H26N6O3/c1-14-3-4-16(10-24-14)22-20(15(2)32-27-22)13-29-21(30)9-19(11-25-29)28-8-7-17(12-28)23(31)26-18-5-6-18/h3-4,9-11,17-18H,5-8,12-13H2,1-2H3,(H,26,31)/t17-/m1/s1. The van der Waals surface area contributed by atoms with Gasteiger partial charge in [0.25, 0.3) is 5.56 Å². The lowest BCUT2D eigenvalue weighted by atomic mass is 10.1. The van der Waals surface area contributed by atoms with Crippen LogP contribution in [0.25, 0.3) is 11.3 Å². The molecule has 1 saturated heterocycles. The minimum atomic E-state index is -0.207. The Bertz CT molecular complexity index is 1200. The number of hydrogen-bond acceptors (Lipinski definition) is 7. The van der Waals surface area contributed by atoms with Crippen molar-refractivity contribution in [3.8, 4) is 11.3 Å². The average Bonchev–Trinajstić information content (AvgIpc) is 3.32. The maximum absolute atomic E-state index is 12.8. The van der Waals surface area contributed by atoms with E-state index in [2.05, 4.69) is 25.5 Å². The summed E-state index contributed by atoms with van der Waals surface area (Å²) in [4.78, 5) is 31.5. The van der Waals surface area contributed by atoms with Crippen LogP contribution in [0.1, 0.15) is 36.3 Å². The van der Waals surface area contributed by atoms with Gasteiger partial charge in [0.15, 0.2) is 0 Å². The highest BCUT2D eigenvalue weighted by Gasteiger charge is 2.32. The van der Waals surface area contributed by atoms with Crippen molar-refractivity contribution >= 4 is 11.6 Å². The van der Waals surface area contributed by atoms with E-state index in [1.165, 1.54) is 4.68 Å². The molecular weight excluding hydrogens is 408 g/mol. The molecule has 0 spiro atoms. The molecule has 0 aromatic carbocycles. The van der Waals surface area contributed by atoms with Crippen molar-refractivity contribution in [2.75, 3.05) is 18.0 Å². The summed E-state index contributed by atoms with van der Waals surface area (Å²) < 4.78 is 6.80. The molecule has 32 heavy (non-hydrogen) atoms.